The van der Waals surface area contributed by atoms with E-state index in [1.54, 1.807) is 0 Å². The van der Waals surface area contributed by atoms with Gasteiger partial charge in [-0.15, -0.1) is 0 Å². The first-order valence-corrected chi connectivity index (χ1v) is 6.34. The molecule has 0 saturated carbocycles. The summed E-state index contributed by atoms with van der Waals surface area (Å²) >= 11 is 0. The molecule has 1 aliphatic heterocycles. The van der Waals surface area contributed by atoms with Gasteiger partial charge in [0.1, 0.15) is 11.9 Å². The Kier molecular flexibility index (Phi) is 2.67. The minimum atomic E-state index is -0.226. The Morgan fingerprint density at radius 1 is 1.41 bits per heavy atom. The van der Waals surface area contributed by atoms with E-state index in [-0.39, 0.29) is 12.2 Å². The first-order chi connectivity index (χ1) is 8.20. The van der Waals surface area contributed by atoms with Crippen molar-refractivity contribution in [2.75, 3.05) is 0 Å². The molecule has 2 nitrogen and oxygen atoms in total. The van der Waals surface area contributed by atoms with E-state index < -0.39 is 0 Å². The van der Waals surface area contributed by atoms with Gasteiger partial charge in [0, 0.05) is 12.8 Å². The first-order valence-electron chi connectivity index (χ1n) is 6.34. The number of aliphatic hydroxyl groups is 1. The van der Waals surface area contributed by atoms with Gasteiger partial charge in [-0.1, -0.05) is 29.3 Å². The van der Waals surface area contributed by atoms with Crippen LogP contribution in [-0.4, -0.2) is 17.3 Å². The highest BCUT2D eigenvalue weighted by Gasteiger charge is 2.25. The molecule has 1 aliphatic carbocycles. The molecule has 1 aromatic rings. The van der Waals surface area contributed by atoms with Crippen LogP contribution < -0.4 is 4.74 Å². The second-order valence-corrected chi connectivity index (χ2v) is 5.19. The Morgan fingerprint density at radius 3 is 3.06 bits per heavy atom. The van der Waals surface area contributed by atoms with Gasteiger partial charge >= 0.3 is 0 Å². The number of hydrogen-bond acceptors (Lipinski definition) is 2. The van der Waals surface area contributed by atoms with E-state index in [1.807, 2.05) is 6.08 Å². The van der Waals surface area contributed by atoms with Gasteiger partial charge in [0.05, 0.1) is 6.10 Å². The van der Waals surface area contributed by atoms with Crippen LogP contribution in [0.25, 0.3) is 0 Å². The van der Waals surface area contributed by atoms with Crippen molar-refractivity contribution in [1.29, 1.82) is 0 Å². The minimum absolute atomic E-state index is 0.226. The molecular weight excluding hydrogens is 212 g/mol. The Morgan fingerprint density at radius 2 is 2.29 bits per heavy atom. The fraction of sp³-hybridized carbons (Fsp3) is 0.467. The summed E-state index contributed by atoms with van der Waals surface area (Å²) in [6, 6.07) is 6.38. The van der Waals surface area contributed by atoms with Gasteiger partial charge in [0.2, 0.25) is 0 Å². The monoisotopic (exact) mass is 230 g/mol. The third kappa shape index (κ3) is 2.22. The minimum Gasteiger partial charge on any atom is -0.489 e. The van der Waals surface area contributed by atoms with Gasteiger partial charge in [-0.3, -0.25) is 0 Å². The molecule has 0 saturated heterocycles. The molecule has 17 heavy (non-hydrogen) atoms. The zero-order valence-electron chi connectivity index (χ0n) is 10.1. The maximum absolute atomic E-state index is 9.47. The lowest BCUT2D eigenvalue weighted by Gasteiger charge is -2.10. The number of fused-ring (bicyclic) bond motifs is 1. The summed E-state index contributed by atoms with van der Waals surface area (Å²) in [5.41, 5.74) is 3.98. The van der Waals surface area contributed by atoms with E-state index >= 15 is 0 Å². The highest BCUT2D eigenvalue weighted by Crippen LogP contribution is 2.33. The summed E-state index contributed by atoms with van der Waals surface area (Å²) < 4.78 is 5.94. The molecule has 1 N–H and O–H groups in total. The van der Waals surface area contributed by atoms with Gasteiger partial charge in [0.15, 0.2) is 0 Å². The predicted molar refractivity (Wildman–Crippen MR) is 67.2 cm³/mol. The molecule has 2 unspecified atom stereocenters. The van der Waals surface area contributed by atoms with Gasteiger partial charge in [-0.25, -0.2) is 0 Å². The largest absolute Gasteiger partial charge is 0.489 e. The summed E-state index contributed by atoms with van der Waals surface area (Å²) in [7, 11) is 0. The number of ether oxygens (including phenoxy) is 1. The zero-order chi connectivity index (χ0) is 11.8. The van der Waals surface area contributed by atoms with Gasteiger partial charge < -0.3 is 9.84 Å². The standard InChI is InChI=1S/C15H18O2/c1-10-2-5-15-12(6-10)9-14(17-15)8-11-3-4-13(16)7-11/h2,5-7,13-14,16H,3-4,8-9H2,1H3. The highest BCUT2D eigenvalue weighted by molar-refractivity contribution is 5.40. The molecule has 0 spiro atoms. The molecule has 0 bridgehead atoms. The summed E-state index contributed by atoms with van der Waals surface area (Å²) in [6.07, 6.45) is 5.91. The third-order valence-electron chi connectivity index (χ3n) is 3.64. The van der Waals surface area contributed by atoms with E-state index in [4.69, 9.17) is 4.74 Å². The molecule has 3 rings (SSSR count). The summed E-state index contributed by atoms with van der Waals surface area (Å²) in [6.45, 7) is 2.11. The lowest BCUT2D eigenvalue weighted by molar-refractivity contribution is 0.223. The van der Waals surface area contributed by atoms with E-state index in [1.165, 1.54) is 16.7 Å². The topological polar surface area (TPSA) is 29.5 Å². The summed E-state index contributed by atoms with van der Waals surface area (Å²) in [5, 5.41) is 9.47. The number of aliphatic hydroxyl groups excluding tert-OH is 1. The first kappa shape index (κ1) is 10.8. The molecule has 1 heterocycles. The zero-order valence-corrected chi connectivity index (χ0v) is 10.1. The van der Waals surface area contributed by atoms with Crippen molar-refractivity contribution >= 4 is 0 Å². The Balaban J connectivity index is 1.68. The molecule has 1 aromatic carbocycles. The van der Waals surface area contributed by atoms with E-state index in [0.29, 0.717) is 0 Å². The van der Waals surface area contributed by atoms with Crippen molar-refractivity contribution < 1.29 is 9.84 Å². The lowest BCUT2D eigenvalue weighted by atomic mass is 10.0. The number of rotatable bonds is 2. The quantitative estimate of drug-likeness (QED) is 0.792. The molecule has 2 aliphatic rings. The van der Waals surface area contributed by atoms with Crippen LogP contribution in [0.15, 0.2) is 29.8 Å². The van der Waals surface area contributed by atoms with Gasteiger partial charge in [0.25, 0.3) is 0 Å². The fourth-order valence-corrected chi connectivity index (χ4v) is 2.80. The van der Waals surface area contributed by atoms with Crippen LogP contribution in [0.5, 0.6) is 5.75 Å². The van der Waals surface area contributed by atoms with Crippen molar-refractivity contribution in [3.05, 3.63) is 41.0 Å². The molecule has 0 fully saturated rings. The van der Waals surface area contributed by atoms with Crippen molar-refractivity contribution in [2.24, 2.45) is 0 Å². The summed E-state index contributed by atoms with van der Waals surface area (Å²) in [4.78, 5) is 0. The van der Waals surface area contributed by atoms with Crippen molar-refractivity contribution in [1.82, 2.24) is 0 Å². The molecule has 0 radical (unpaired) electrons. The molecule has 2 heteroatoms. The van der Waals surface area contributed by atoms with Gasteiger partial charge in [-0.05, 0) is 31.4 Å². The maximum atomic E-state index is 9.47. The second kappa shape index (κ2) is 4.19. The van der Waals surface area contributed by atoms with Crippen LogP contribution in [0.3, 0.4) is 0 Å². The summed E-state index contributed by atoms with van der Waals surface area (Å²) in [5.74, 6) is 1.04. The smallest absolute Gasteiger partial charge is 0.123 e. The van der Waals surface area contributed by atoms with Crippen LogP contribution in [-0.2, 0) is 6.42 Å². The van der Waals surface area contributed by atoms with E-state index in [2.05, 4.69) is 25.1 Å². The molecular formula is C15H18O2. The molecule has 90 valence electrons. The average Bonchev–Trinajstić information content (AvgIpc) is 2.84. The highest BCUT2D eigenvalue weighted by atomic mass is 16.5. The average molecular weight is 230 g/mol. The van der Waals surface area contributed by atoms with Gasteiger partial charge in [-0.2, -0.15) is 0 Å². The Labute approximate surface area is 102 Å². The SMILES string of the molecule is Cc1ccc2c(c1)CC(CC1=CC(O)CC1)O2. The normalized spacial score (nSPS) is 26.6. The second-order valence-electron chi connectivity index (χ2n) is 5.19. The van der Waals surface area contributed by atoms with Crippen molar-refractivity contribution in [2.45, 2.75) is 44.8 Å². The number of benzene rings is 1. The fourth-order valence-electron chi connectivity index (χ4n) is 2.80. The van der Waals surface area contributed by atoms with Crippen LogP contribution in [0.1, 0.15) is 30.4 Å². The van der Waals surface area contributed by atoms with Crippen LogP contribution in [0, 0.1) is 6.92 Å². The molecule has 2 atom stereocenters. The predicted octanol–water partition coefficient (Wildman–Crippen LogP) is 2.77. The van der Waals surface area contributed by atoms with Crippen LogP contribution in [0.4, 0.5) is 0 Å². The maximum Gasteiger partial charge on any atom is 0.123 e. The molecule has 0 aromatic heterocycles. The number of aryl methyl sites for hydroxylation is 1. The van der Waals surface area contributed by atoms with E-state index in [0.717, 1.165) is 31.4 Å². The molecule has 0 amide bonds. The Hall–Kier alpha value is -1.28. The van der Waals surface area contributed by atoms with Crippen LogP contribution in [0.2, 0.25) is 0 Å². The lowest BCUT2D eigenvalue weighted by Crippen LogP contribution is -2.13. The number of hydrogen-bond donors (Lipinski definition) is 1. The van der Waals surface area contributed by atoms with E-state index in [9.17, 15) is 5.11 Å². The van der Waals surface area contributed by atoms with Crippen LogP contribution >= 0.6 is 0 Å². The third-order valence-corrected chi connectivity index (χ3v) is 3.64. The van der Waals surface area contributed by atoms with Crippen molar-refractivity contribution in [3.8, 4) is 5.75 Å². The Bertz CT molecular complexity index is 462. The van der Waals surface area contributed by atoms with Crippen molar-refractivity contribution in [3.63, 3.8) is 0 Å².